The molecule has 0 unspecified atom stereocenters. The molecular formula is C11H14FNO. The zero-order valence-electron chi connectivity index (χ0n) is 8.16. The smallest absolute Gasteiger partial charge is 0.251 e. The number of alkyl halides is 1. The largest absolute Gasteiger partial charge is 0.351 e. The second-order valence-electron chi connectivity index (χ2n) is 3.29. The number of benzene rings is 1. The molecule has 0 spiro atoms. The third-order valence-electron chi connectivity index (χ3n) is 1.91. The van der Waals surface area contributed by atoms with Gasteiger partial charge in [-0.05, 0) is 18.9 Å². The van der Waals surface area contributed by atoms with Crippen LogP contribution in [0.3, 0.4) is 0 Å². The SMILES string of the molecule is C[C@@H](Cc1ccccc1)NC(=O)CF. The van der Waals surface area contributed by atoms with E-state index in [1.807, 2.05) is 37.3 Å². The lowest BCUT2D eigenvalue weighted by atomic mass is 10.1. The molecule has 0 aliphatic rings. The van der Waals surface area contributed by atoms with E-state index in [2.05, 4.69) is 5.32 Å². The Morgan fingerprint density at radius 1 is 1.43 bits per heavy atom. The van der Waals surface area contributed by atoms with Gasteiger partial charge in [-0.25, -0.2) is 4.39 Å². The van der Waals surface area contributed by atoms with Crippen LogP contribution in [0.2, 0.25) is 0 Å². The molecule has 1 aromatic carbocycles. The second kappa shape index (κ2) is 5.37. The molecule has 0 saturated carbocycles. The predicted octanol–water partition coefficient (Wildman–Crippen LogP) is 1.70. The van der Waals surface area contributed by atoms with Crippen molar-refractivity contribution in [3.05, 3.63) is 35.9 Å². The number of hydrogen-bond acceptors (Lipinski definition) is 1. The molecule has 1 rings (SSSR count). The normalized spacial score (nSPS) is 12.1. The van der Waals surface area contributed by atoms with Gasteiger partial charge in [-0.1, -0.05) is 30.3 Å². The topological polar surface area (TPSA) is 29.1 Å². The first-order valence-electron chi connectivity index (χ1n) is 4.61. The van der Waals surface area contributed by atoms with Crippen molar-refractivity contribution in [2.24, 2.45) is 0 Å². The number of carbonyl (C=O) groups excluding carboxylic acids is 1. The molecule has 0 aromatic heterocycles. The fourth-order valence-corrected chi connectivity index (χ4v) is 1.33. The highest BCUT2D eigenvalue weighted by molar-refractivity contribution is 5.77. The molecule has 76 valence electrons. The van der Waals surface area contributed by atoms with Gasteiger partial charge in [0.25, 0.3) is 5.91 Å². The van der Waals surface area contributed by atoms with E-state index in [0.29, 0.717) is 0 Å². The third kappa shape index (κ3) is 3.56. The lowest BCUT2D eigenvalue weighted by Crippen LogP contribution is -2.34. The van der Waals surface area contributed by atoms with Crippen molar-refractivity contribution in [3.63, 3.8) is 0 Å². The summed E-state index contributed by atoms with van der Waals surface area (Å²) in [5.74, 6) is -0.548. The van der Waals surface area contributed by atoms with Gasteiger partial charge < -0.3 is 5.32 Å². The maximum Gasteiger partial charge on any atom is 0.251 e. The zero-order chi connectivity index (χ0) is 10.4. The van der Waals surface area contributed by atoms with E-state index in [1.165, 1.54) is 0 Å². The van der Waals surface area contributed by atoms with Gasteiger partial charge in [0.1, 0.15) is 0 Å². The highest BCUT2D eigenvalue weighted by atomic mass is 19.1. The number of hydrogen-bond donors (Lipinski definition) is 1. The molecule has 1 amide bonds. The lowest BCUT2D eigenvalue weighted by Gasteiger charge is -2.12. The Morgan fingerprint density at radius 2 is 2.07 bits per heavy atom. The summed E-state index contributed by atoms with van der Waals surface area (Å²) in [5.41, 5.74) is 1.14. The molecule has 0 aliphatic carbocycles. The summed E-state index contributed by atoms with van der Waals surface area (Å²) in [5, 5.41) is 2.56. The van der Waals surface area contributed by atoms with E-state index < -0.39 is 12.6 Å². The summed E-state index contributed by atoms with van der Waals surface area (Å²) >= 11 is 0. The molecule has 14 heavy (non-hydrogen) atoms. The summed E-state index contributed by atoms with van der Waals surface area (Å²) < 4.78 is 11.9. The van der Waals surface area contributed by atoms with Gasteiger partial charge in [0, 0.05) is 6.04 Å². The minimum Gasteiger partial charge on any atom is -0.351 e. The van der Waals surface area contributed by atoms with E-state index in [4.69, 9.17) is 0 Å². The molecular weight excluding hydrogens is 181 g/mol. The summed E-state index contributed by atoms with van der Waals surface area (Å²) in [6, 6.07) is 9.77. The van der Waals surface area contributed by atoms with Crippen LogP contribution in [0, 0.1) is 0 Å². The van der Waals surface area contributed by atoms with Gasteiger partial charge >= 0.3 is 0 Å². The van der Waals surface area contributed by atoms with Crippen molar-refractivity contribution in [3.8, 4) is 0 Å². The molecule has 0 radical (unpaired) electrons. The maximum atomic E-state index is 11.9. The molecule has 3 heteroatoms. The van der Waals surface area contributed by atoms with Gasteiger partial charge in [0.2, 0.25) is 0 Å². The maximum absolute atomic E-state index is 11.9. The van der Waals surface area contributed by atoms with Gasteiger partial charge in [0.05, 0.1) is 0 Å². The summed E-state index contributed by atoms with van der Waals surface area (Å²) in [6.45, 7) is 0.916. The Kier molecular flexibility index (Phi) is 4.11. The number of rotatable bonds is 4. The van der Waals surface area contributed by atoms with Crippen LogP contribution in [-0.2, 0) is 11.2 Å². The van der Waals surface area contributed by atoms with Crippen molar-refractivity contribution in [1.29, 1.82) is 0 Å². The molecule has 1 atom stereocenters. The minimum atomic E-state index is -0.945. The average molecular weight is 195 g/mol. The van der Waals surface area contributed by atoms with Gasteiger partial charge in [-0.3, -0.25) is 4.79 Å². The summed E-state index contributed by atoms with van der Waals surface area (Å²) in [6.07, 6.45) is 0.729. The Morgan fingerprint density at radius 3 is 2.64 bits per heavy atom. The van der Waals surface area contributed by atoms with E-state index in [9.17, 15) is 9.18 Å². The molecule has 1 N–H and O–H groups in total. The van der Waals surface area contributed by atoms with Crippen LogP contribution in [0.25, 0.3) is 0 Å². The molecule has 0 heterocycles. The van der Waals surface area contributed by atoms with E-state index in [-0.39, 0.29) is 6.04 Å². The van der Waals surface area contributed by atoms with Crippen LogP contribution in [0.4, 0.5) is 4.39 Å². The predicted molar refractivity (Wildman–Crippen MR) is 53.7 cm³/mol. The first-order valence-corrected chi connectivity index (χ1v) is 4.61. The Hall–Kier alpha value is -1.38. The summed E-state index contributed by atoms with van der Waals surface area (Å²) in [7, 11) is 0. The Balaban J connectivity index is 2.41. The van der Waals surface area contributed by atoms with Crippen LogP contribution in [0.1, 0.15) is 12.5 Å². The van der Waals surface area contributed by atoms with Gasteiger partial charge in [0.15, 0.2) is 6.67 Å². The number of carbonyl (C=O) groups is 1. The fraction of sp³-hybridized carbons (Fsp3) is 0.364. The zero-order valence-corrected chi connectivity index (χ0v) is 8.16. The van der Waals surface area contributed by atoms with E-state index in [0.717, 1.165) is 12.0 Å². The van der Waals surface area contributed by atoms with E-state index >= 15 is 0 Å². The first kappa shape index (κ1) is 10.7. The highest BCUT2D eigenvalue weighted by Gasteiger charge is 2.06. The number of nitrogens with one attached hydrogen (secondary N) is 1. The molecule has 2 nitrogen and oxygen atoms in total. The Labute approximate surface area is 83.1 Å². The van der Waals surface area contributed by atoms with Crippen molar-refractivity contribution in [2.75, 3.05) is 6.67 Å². The standard InChI is InChI=1S/C11H14FNO/c1-9(13-11(14)8-12)7-10-5-3-2-4-6-10/h2-6,9H,7-8H2,1H3,(H,13,14)/t9-/m0/s1. The fourth-order valence-electron chi connectivity index (χ4n) is 1.33. The van der Waals surface area contributed by atoms with Crippen molar-refractivity contribution in [1.82, 2.24) is 5.32 Å². The van der Waals surface area contributed by atoms with Crippen molar-refractivity contribution >= 4 is 5.91 Å². The third-order valence-corrected chi connectivity index (χ3v) is 1.91. The van der Waals surface area contributed by atoms with Crippen LogP contribution in [-0.4, -0.2) is 18.6 Å². The first-order chi connectivity index (χ1) is 6.72. The molecule has 0 saturated heterocycles. The second-order valence-corrected chi connectivity index (χ2v) is 3.29. The minimum absolute atomic E-state index is 0.0272. The monoisotopic (exact) mass is 195 g/mol. The van der Waals surface area contributed by atoms with Crippen LogP contribution < -0.4 is 5.32 Å². The quantitative estimate of drug-likeness (QED) is 0.778. The molecule has 1 aromatic rings. The van der Waals surface area contributed by atoms with E-state index in [1.54, 1.807) is 0 Å². The van der Waals surface area contributed by atoms with Crippen molar-refractivity contribution in [2.45, 2.75) is 19.4 Å². The number of halogens is 1. The molecule has 0 aliphatic heterocycles. The van der Waals surface area contributed by atoms with Gasteiger partial charge in [-0.2, -0.15) is 0 Å². The van der Waals surface area contributed by atoms with Crippen LogP contribution >= 0.6 is 0 Å². The lowest BCUT2D eigenvalue weighted by molar-refractivity contribution is -0.122. The Bertz CT molecular complexity index is 287. The highest BCUT2D eigenvalue weighted by Crippen LogP contribution is 2.02. The van der Waals surface area contributed by atoms with Crippen molar-refractivity contribution < 1.29 is 9.18 Å². The number of amides is 1. The van der Waals surface area contributed by atoms with Crippen LogP contribution in [0.15, 0.2) is 30.3 Å². The van der Waals surface area contributed by atoms with Crippen LogP contribution in [0.5, 0.6) is 0 Å². The van der Waals surface area contributed by atoms with Gasteiger partial charge in [-0.15, -0.1) is 0 Å². The summed E-state index contributed by atoms with van der Waals surface area (Å²) in [4.78, 5) is 10.7. The average Bonchev–Trinajstić information content (AvgIpc) is 2.19. The molecule has 0 bridgehead atoms. The molecule has 0 fully saturated rings.